The first-order chi connectivity index (χ1) is 15.6. The number of carbonyl (C=O) groups is 1. The Hall–Kier alpha value is -2.44. The Balaban J connectivity index is 1.45. The van der Waals surface area contributed by atoms with Gasteiger partial charge in [-0.05, 0) is 77.8 Å². The maximum atomic E-state index is 12.2. The second-order valence-electron chi connectivity index (χ2n) is 9.71. The van der Waals surface area contributed by atoms with Gasteiger partial charge in [0.1, 0.15) is 11.5 Å². The monoisotopic (exact) mass is 455 g/mol. The molecule has 2 aromatic rings. The molecule has 1 aromatic carbocycles. The number of esters is 1. The van der Waals surface area contributed by atoms with E-state index in [1.54, 1.807) is 20.8 Å². The molecule has 0 N–H and O–H groups in total. The lowest BCUT2D eigenvalue weighted by atomic mass is 9.82. The van der Waals surface area contributed by atoms with Crippen LogP contribution in [0.5, 0.6) is 0 Å². The summed E-state index contributed by atoms with van der Waals surface area (Å²) in [6, 6.07) is 8.15. The fourth-order valence-corrected chi connectivity index (χ4v) is 4.08. The Kier molecular flexibility index (Phi) is 8.49. The average Bonchev–Trinajstić information content (AvgIpc) is 3.13. The smallest absolute Gasteiger partial charge is 0.342 e. The predicted octanol–water partition coefficient (Wildman–Crippen LogP) is 6.15. The number of nitrogens with zero attached hydrogens (tertiary/aromatic N) is 1. The average molecular weight is 456 g/mol. The molecule has 0 saturated heterocycles. The van der Waals surface area contributed by atoms with Gasteiger partial charge in [-0.3, -0.25) is 0 Å². The number of aromatic nitrogens is 1. The number of carbonyl (C=O) groups excluding carboxylic acids is 1. The lowest BCUT2D eigenvalue weighted by Gasteiger charge is -2.31. The number of ether oxygens (including phenoxy) is 3. The minimum Gasteiger partial charge on any atom is -0.441 e. The van der Waals surface area contributed by atoms with Crippen molar-refractivity contribution in [2.45, 2.75) is 72.5 Å². The molecule has 0 aliphatic heterocycles. The van der Waals surface area contributed by atoms with E-state index in [2.05, 4.69) is 30.6 Å². The molecule has 0 bridgehead atoms. The van der Waals surface area contributed by atoms with Gasteiger partial charge in [0.25, 0.3) is 0 Å². The van der Waals surface area contributed by atoms with Crippen LogP contribution in [-0.2, 0) is 25.6 Å². The zero-order valence-electron chi connectivity index (χ0n) is 20.6. The van der Waals surface area contributed by atoms with Crippen molar-refractivity contribution >= 4 is 5.97 Å². The van der Waals surface area contributed by atoms with E-state index in [9.17, 15) is 4.79 Å². The Morgan fingerprint density at radius 1 is 1.15 bits per heavy atom. The molecule has 1 aliphatic rings. The van der Waals surface area contributed by atoms with Crippen molar-refractivity contribution in [2.24, 2.45) is 11.8 Å². The van der Waals surface area contributed by atoms with E-state index >= 15 is 0 Å². The van der Waals surface area contributed by atoms with E-state index in [4.69, 9.17) is 18.6 Å². The molecule has 1 fully saturated rings. The fraction of sp³-hybridized carbons (Fsp3) is 0.556. The Bertz CT molecular complexity index is 944. The maximum absolute atomic E-state index is 12.2. The lowest BCUT2D eigenvalue weighted by molar-refractivity contribution is -0.165. The number of hydrogen-bond acceptors (Lipinski definition) is 6. The van der Waals surface area contributed by atoms with Crippen molar-refractivity contribution in [1.82, 2.24) is 4.98 Å². The van der Waals surface area contributed by atoms with Gasteiger partial charge in [-0.15, -0.1) is 0 Å². The number of benzene rings is 1. The molecule has 0 radical (unpaired) electrons. The van der Waals surface area contributed by atoms with E-state index in [-0.39, 0.29) is 0 Å². The van der Waals surface area contributed by atoms with Gasteiger partial charge in [0.2, 0.25) is 5.89 Å². The van der Waals surface area contributed by atoms with Crippen LogP contribution in [0.3, 0.4) is 0 Å². The van der Waals surface area contributed by atoms with Gasteiger partial charge in [-0.25, -0.2) is 9.78 Å². The first kappa shape index (κ1) is 25.2. The minimum absolute atomic E-state index is 0.375. The zero-order chi connectivity index (χ0) is 24.0. The Labute approximate surface area is 197 Å². The standard InChI is InChI=1S/C27H37NO5/c1-18(2)32-26(29)27(5,6)31-16-22-9-7-8-21(14-22)15-30-17-24-20(4)33-25(28-24)23-12-10-19(3)11-13-23/h10-13,21-22H,1,7-9,14-17H2,2-6H3. The molecule has 0 amide bonds. The van der Waals surface area contributed by atoms with Crippen molar-refractivity contribution in [2.75, 3.05) is 13.2 Å². The van der Waals surface area contributed by atoms with E-state index in [1.165, 1.54) is 5.56 Å². The van der Waals surface area contributed by atoms with Gasteiger partial charge in [0.05, 0.1) is 19.0 Å². The summed E-state index contributed by atoms with van der Waals surface area (Å²) in [6.07, 6.45) is 4.41. The number of rotatable bonds is 10. The largest absolute Gasteiger partial charge is 0.441 e. The summed E-state index contributed by atoms with van der Waals surface area (Å²) >= 11 is 0. The van der Waals surface area contributed by atoms with Crippen molar-refractivity contribution in [3.05, 3.63) is 53.6 Å². The Morgan fingerprint density at radius 3 is 2.48 bits per heavy atom. The summed E-state index contributed by atoms with van der Waals surface area (Å²) in [6.45, 7) is 14.4. The van der Waals surface area contributed by atoms with Crippen LogP contribution in [0, 0.1) is 25.7 Å². The van der Waals surface area contributed by atoms with Gasteiger partial charge in [-0.2, -0.15) is 0 Å². The predicted molar refractivity (Wildman–Crippen MR) is 127 cm³/mol. The molecule has 1 aliphatic carbocycles. The highest BCUT2D eigenvalue weighted by molar-refractivity contribution is 5.79. The third-order valence-electron chi connectivity index (χ3n) is 6.11. The molecule has 180 valence electrons. The summed E-state index contributed by atoms with van der Waals surface area (Å²) in [5.74, 6) is 2.28. The molecule has 33 heavy (non-hydrogen) atoms. The maximum Gasteiger partial charge on any atom is 0.342 e. The van der Waals surface area contributed by atoms with Crippen molar-refractivity contribution in [3.63, 3.8) is 0 Å². The quantitative estimate of drug-likeness (QED) is 0.316. The molecule has 1 heterocycles. The zero-order valence-corrected chi connectivity index (χ0v) is 20.6. The van der Waals surface area contributed by atoms with E-state index in [1.807, 2.05) is 19.1 Å². The SMILES string of the molecule is C=C(C)OC(=O)C(C)(C)OCC1CCCC(COCc2nc(-c3ccc(C)cc3)oc2C)C1. The summed E-state index contributed by atoms with van der Waals surface area (Å²) < 4.78 is 23.0. The molecule has 3 rings (SSSR count). The molecule has 6 heteroatoms. The van der Waals surface area contributed by atoms with Crippen LogP contribution in [0.2, 0.25) is 0 Å². The van der Waals surface area contributed by atoms with Crippen molar-refractivity contribution in [1.29, 1.82) is 0 Å². The molecule has 1 aromatic heterocycles. The number of hydrogen-bond donors (Lipinski definition) is 0. The molecular formula is C27H37NO5. The highest BCUT2D eigenvalue weighted by atomic mass is 16.6. The Morgan fingerprint density at radius 2 is 1.82 bits per heavy atom. The van der Waals surface area contributed by atoms with Gasteiger partial charge in [0.15, 0.2) is 5.60 Å². The summed E-state index contributed by atoms with van der Waals surface area (Å²) in [4.78, 5) is 16.8. The van der Waals surface area contributed by atoms with Gasteiger partial charge in [-0.1, -0.05) is 30.7 Å². The summed E-state index contributed by atoms with van der Waals surface area (Å²) in [5, 5.41) is 0. The third-order valence-corrected chi connectivity index (χ3v) is 6.11. The number of aryl methyl sites for hydroxylation is 2. The van der Waals surface area contributed by atoms with Crippen LogP contribution in [0.25, 0.3) is 11.5 Å². The van der Waals surface area contributed by atoms with Crippen LogP contribution in [0.15, 0.2) is 41.0 Å². The van der Waals surface area contributed by atoms with Crippen molar-refractivity contribution in [3.8, 4) is 11.5 Å². The van der Waals surface area contributed by atoms with Crippen LogP contribution in [0.4, 0.5) is 0 Å². The van der Waals surface area contributed by atoms with E-state index in [0.717, 1.165) is 42.7 Å². The van der Waals surface area contributed by atoms with Crippen LogP contribution in [0.1, 0.15) is 63.5 Å². The second-order valence-corrected chi connectivity index (χ2v) is 9.71. The van der Waals surface area contributed by atoms with Crippen LogP contribution >= 0.6 is 0 Å². The third kappa shape index (κ3) is 7.27. The summed E-state index contributed by atoms with van der Waals surface area (Å²) in [5.41, 5.74) is 2.04. The first-order valence-corrected chi connectivity index (χ1v) is 11.8. The normalized spacial score (nSPS) is 18.8. The first-order valence-electron chi connectivity index (χ1n) is 11.8. The fourth-order valence-electron chi connectivity index (χ4n) is 4.08. The minimum atomic E-state index is -0.984. The van der Waals surface area contributed by atoms with Gasteiger partial charge >= 0.3 is 5.97 Å². The highest BCUT2D eigenvalue weighted by Crippen LogP contribution is 2.31. The lowest BCUT2D eigenvalue weighted by Crippen LogP contribution is -2.38. The topological polar surface area (TPSA) is 70.8 Å². The number of allylic oxidation sites excluding steroid dienone is 1. The second kappa shape index (κ2) is 11.1. The van der Waals surface area contributed by atoms with E-state index < -0.39 is 11.6 Å². The van der Waals surface area contributed by atoms with Gasteiger partial charge in [0, 0.05) is 12.2 Å². The van der Waals surface area contributed by atoms with E-state index in [0.29, 0.717) is 43.3 Å². The molecule has 6 nitrogen and oxygen atoms in total. The summed E-state index contributed by atoms with van der Waals surface area (Å²) in [7, 11) is 0. The number of oxazole rings is 1. The molecular weight excluding hydrogens is 418 g/mol. The molecule has 1 saturated carbocycles. The van der Waals surface area contributed by atoms with Crippen molar-refractivity contribution < 1.29 is 23.4 Å². The highest BCUT2D eigenvalue weighted by Gasteiger charge is 2.33. The van der Waals surface area contributed by atoms with Crippen LogP contribution < -0.4 is 0 Å². The molecule has 0 spiro atoms. The van der Waals surface area contributed by atoms with Gasteiger partial charge < -0.3 is 18.6 Å². The molecule has 2 atom stereocenters. The molecule has 2 unspecified atom stereocenters. The van der Waals surface area contributed by atoms with Crippen LogP contribution in [-0.4, -0.2) is 29.8 Å².